The molecule has 3 amide bonds. The second kappa shape index (κ2) is 11.3. The fourth-order valence-corrected chi connectivity index (χ4v) is 4.33. The predicted molar refractivity (Wildman–Crippen MR) is 135 cm³/mol. The summed E-state index contributed by atoms with van der Waals surface area (Å²) < 4.78 is 0. The Morgan fingerprint density at radius 2 is 1.77 bits per heavy atom. The van der Waals surface area contributed by atoms with Crippen LogP contribution in [0.5, 0.6) is 0 Å². The molecule has 10 heteroatoms. The van der Waals surface area contributed by atoms with Gasteiger partial charge in [0, 0.05) is 44.0 Å². The zero-order chi connectivity index (χ0) is 24.8. The maximum absolute atomic E-state index is 13.2. The number of amidine groups is 1. The number of hydrogen-bond donors (Lipinski definition) is 2. The molecule has 35 heavy (non-hydrogen) atoms. The van der Waals surface area contributed by atoms with Gasteiger partial charge in [0.25, 0.3) is 5.91 Å². The van der Waals surface area contributed by atoms with Crippen molar-refractivity contribution in [2.45, 2.75) is 31.7 Å². The van der Waals surface area contributed by atoms with E-state index in [1.165, 1.54) is 6.20 Å². The van der Waals surface area contributed by atoms with Crippen LogP contribution in [0.1, 0.15) is 41.6 Å². The van der Waals surface area contributed by atoms with E-state index in [1.54, 1.807) is 29.2 Å². The Labute approximate surface area is 209 Å². The molecule has 184 valence electrons. The number of rotatable bonds is 7. The average Bonchev–Trinajstić information content (AvgIpc) is 3.31. The van der Waals surface area contributed by atoms with Gasteiger partial charge in [0.05, 0.1) is 18.0 Å². The van der Waals surface area contributed by atoms with Crippen LogP contribution in [0.25, 0.3) is 0 Å². The number of likely N-dealkylation sites (tertiary alicyclic amines) is 1. The van der Waals surface area contributed by atoms with Crippen molar-refractivity contribution in [3.05, 3.63) is 58.7 Å². The topological polar surface area (TPSA) is 107 Å². The van der Waals surface area contributed by atoms with Gasteiger partial charge >= 0.3 is 0 Å². The van der Waals surface area contributed by atoms with E-state index >= 15 is 0 Å². The summed E-state index contributed by atoms with van der Waals surface area (Å²) in [7, 11) is 1.98. The summed E-state index contributed by atoms with van der Waals surface area (Å²) >= 11 is 5.85. The lowest BCUT2D eigenvalue weighted by Crippen LogP contribution is -2.51. The standard InChI is InChI=1S/C25H29ClN6O3/c1-31-14-11-27-23(31)17-5-7-18(8-6-17)24(34)29-20(25(35)32-12-3-2-4-13-32)15-22(33)30-21-10-9-19(26)16-28-21/h5-10,16,20H,2-4,11-15H2,1H3,(H,29,34)(H,28,30,33)/t20-/m1/s1. The molecule has 1 saturated heterocycles. The van der Waals surface area contributed by atoms with E-state index in [9.17, 15) is 14.4 Å². The lowest BCUT2D eigenvalue weighted by molar-refractivity contribution is -0.135. The normalized spacial score (nSPS) is 16.5. The van der Waals surface area contributed by atoms with E-state index in [2.05, 4.69) is 25.5 Å². The Morgan fingerprint density at radius 3 is 2.40 bits per heavy atom. The van der Waals surface area contributed by atoms with Crippen LogP contribution in [0, 0.1) is 0 Å². The summed E-state index contributed by atoms with van der Waals surface area (Å²) in [6.45, 7) is 2.86. The highest BCUT2D eigenvalue weighted by molar-refractivity contribution is 6.30. The minimum atomic E-state index is -0.988. The molecule has 0 bridgehead atoms. The number of carbonyl (C=O) groups excluding carboxylic acids is 3. The number of halogens is 1. The van der Waals surface area contributed by atoms with E-state index in [1.807, 2.05) is 19.2 Å². The Hall–Kier alpha value is -3.46. The van der Waals surface area contributed by atoms with E-state index in [0.717, 1.165) is 43.8 Å². The largest absolute Gasteiger partial charge is 0.358 e. The summed E-state index contributed by atoms with van der Waals surface area (Å²) in [6, 6.07) is 9.30. The Morgan fingerprint density at radius 1 is 1.03 bits per heavy atom. The number of nitrogens with one attached hydrogen (secondary N) is 2. The van der Waals surface area contributed by atoms with Crippen molar-refractivity contribution in [3.8, 4) is 0 Å². The molecule has 0 aliphatic carbocycles. The molecule has 0 saturated carbocycles. The first-order valence-electron chi connectivity index (χ1n) is 11.8. The van der Waals surface area contributed by atoms with Crippen LogP contribution in [0.3, 0.4) is 0 Å². The van der Waals surface area contributed by atoms with Crippen molar-refractivity contribution < 1.29 is 14.4 Å². The molecule has 2 aliphatic rings. The average molecular weight is 497 g/mol. The highest BCUT2D eigenvalue weighted by atomic mass is 35.5. The molecule has 2 aliphatic heterocycles. The third kappa shape index (κ3) is 6.36. The van der Waals surface area contributed by atoms with Crippen LogP contribution < -0.4 is 10.6 Å². The number of aliphatic imine (C=N–C) groups is 1. The fraction of sp³-hybridized carbons (Fsp3) is 0.400. The van der Waals surface area contributed by atoms with Crippen LogP contribution >= 0.6 is 11.6 Å². The molecular weight excluding hydrogens is 468 g/mol. The molecule has 0 spiro atoms. The molecule has 9 nitrogen and oxygen atoms in total. The van der Waals surface area contributed by atoms with Gasteiger partial charge in [-0.05, 0) is 43.5 Å². The van der Waals surface area contributed by atoms with Crippen LogP contribution in [-0.4, -0.2) is 77.6 Å². The maximum atomic E-state index is 13.2. The number of amides is 3. The van der Waals surface area contributed by atoms with Gasteiger partial charge in [0.2, 0.25) is 11.8 Å². The number of pyridine rings is 1. The molecule has 1 atom stereocenters. The van der Waals surface area contributed by atoms with Gasteiger partial charge in [-0.3, -0.25) is 19.4 Å². The van der Waals surface area contributed by atoms with E-state index < -0.39 is 17.9 Å². The van der Waals surface area contributed by atoms with E-state index in [-0.39, 0.29) is 12.3 Å². The zero-order valence-corrected chi connectivity index (χ0v) is 20.4. The number of carbonyl (C=O) groups is 3. The van der Waals surface area contributed by atoms with Crippen molar-refractivity contribution in [1.29, 1.82) is 0 Å². The minimum Gasteiger partial charge on any atom is -0.358 e. The smallest absolute Gasteiger partial charge is 0.251 e. The number of benzene rings is 1. The first-order chi connectivity index (χ1) is 16.9. The van der Waals surface area contributed by atoms with Crippen LogP contribution in [0.4, 0.5) is 5.82 Å². The van der Waals surface area contributed by atoms with Crippen molar-refractivity contribution in [2.75, 3.05) is 38.5 Å². The molecular formula is C25H29ClN6O3. The quantitative estimate of drug-likeness (QED) is 0.612. The Bertz CT molecular complexity index is 1100. The molecule has 1 fully saturated rings. The third-order valence-corrected chi connectivity index (χ3v) is 6.34. The fourth-order valence-electron chi connectivity index (χ4n) is 4.22. The zero-order valence-electron chi connectivity index (χ0n) is 19.7. The highest BCUT2D eigenvalue weighted by Crippen LogP contribution is 2.15. The number of likely N-dealkylation sites (N-methyl/N-ethyl adjacent to an activating group) is 1. The lowest BCUT2D eigenvalue weighted by atomic mass is 10.1. The summed E-state index contributed by atoms with van der Waals surface area (Å²) in [6.07, 6.45) is 4.11. The highest BCUT2D eigenvalue weighted by Gasteiger charge is 2.29. The Kier molecular flexibility index (Phi) is 7.97. The summed E-state index contributed by atoms with van der Waals surface area (Å²) in [5.74, 6) is 0.128. The molecule has 1 aromatic carbocycles. The van der Waals surface area contributed by atoms with Crippen molar-refractivity contribution >= 4 is 41.0 Å². The number of piperidine rings is 1. The number of aromatic nitrogens is 1. The molecule has 2 aromatic rings. The summed E-state index contributed by atoms with van der Waals surface area (Å²) in [5, 5.41) is 5.90. The molecule has 0 unspecified atom stereocenters. The van der Waals surface area contributed by atoms with Gasteiger partial charge < -0.3 is 20.4 Å². The van der Waals surface area contributed by atoms with Gasteiger partial charge in [-0.2, -0.15) is 0 Å². The van der Waals surface area contributed by atoms with Crippen molar-refractivity contribution in [3.63, 3.8) is 0 Å². The van der Waals surface area contributed by atoms with Gasteiger partial charge in [-0.15, -0.1) is 0 Å². The summed E-state index contributed by atoms with van der Waals surface area (Å²) in [4.78, 5) is 51.3. The van der Waals surface area contributed by atoms with Crippen LogP contribution in [0.2, 0.25) is 5.02 Å². The first kappa shape index (κ1) is 24.7. The molecule has 4 rings (SSSR count). The monoisotopic (exact) mass is 496 g/mol. The van der Waals surface area contributed by atoms with Crippen LogP contribution in [0.15, 0.2) is 47.6 Å². The van der Waals surface area contributed by atoms with Crippen LogP contribution in [-0.2, 0) is 9.59 Å². The number of nitrogens with zero attached hydrogens (tertiary/aromatic N) is 4. The predicted octanol–water partition coefficient (Wildman–Crippen LogP) is 2.57. The van der Waals surface area contributed by atoms with Gasteiger partial charge in [-0.25, -0.2) is 4.98 Å². The summed E-state index contributed by atoms with van der Waals surface area (Å²) in [5.41, 5.74) is 1.34. The third-order valence-electron chi connectivity index (χ3n) is 6.12. The second-order valence-corrected chi connectivity index (χ2v) is 9.17. The molecule has 0 radical (unpaired) electrons. The molecule has 2 N–H and O–H groups in total. The maximum Gasteiger partial charge on any atom is 0.251 e. The SMILES string of the molecule is CN1CCN=C1c1ccc(C(=O)N[C@H](CC(=O)Nc2ccc(Cl)cn2)C(=O)N2CCCCC2)cc1. The number of anilines is 1. The van der Waals surface area contributed by atoms with Gasteiger partial charge in [-0.1, -0.05) is 23.7 Å². The molecule has 3 heterocycles. The number of hydrogen-bond acceptors (Lipinski definition) is 6. The Balaban J connectivity index is 1.45. The van der Waals surface area contributed by atoms with Crippen molar-refractivity contribution in [2.24, 2.45) is 4.99 Å². The lowest BCUT2D eigenvalue weighted by Gasteiger charge is -2.30. The van der Waals surface area contributed by atoms with Gasteiger partial charge in [0.15, 0.2) is 0 Å². The van der Waals surface area contributed by atoms with E-state index in [4.69, 9.17) is 11.6 Å². The van der Waals surface area contributed by atoms with E-state index in [0.29, 0.717) is 29.5 Å². The van der Waals surface area contributed by atoms with Gasteiger partial charge in [0.1, 0.15) is 17.7 Å². The minimum absolute atomic E-state index is 0.203. The second-order valence-electron chi connectivity index (χ2n) is 8.73. The molecule has 1 aromatic heterocycles. The van der Waals surface area contributed by atoms with Crippen molar-refractivity contribution in [1.82, 2.24) is 20.1 Å². The first-order valence-corrected chi connectivity index (χ1v) is 12.2.